The van der Waals surface area contributed by atoms with Gasteiger partial charge in [0.25, 0.3) is 0 Å². The Labute approximate surface area is 82.0 Å². The Morgan fingerprint density at radius 1 is 1.43 bits per heavy atom. The third kappa shape index (κ3) is 1.79. The standard InChI is InChI=1S/C8H14N4O2/c1-8(2)5-12(3-4-13-8)7-11-10-6(9)14-7/h3-5H2,1-2H3,(H2,9,10). The van der Waals surface area contributed by atoms with E-state index in [2.05, 4.69) is 10.2 Å². The minimum atomic E-state index is -0.179. The first-order valence-corrected chi connectivity index (χ1v) is 4.55. The van der Waals surface area contributed by atoms with Crippen LogP contribution in [0, 0.1) is 0 Å². The zero-order valence-corrected chi connectivity index (χ0v) is 8.36. The Bertz CT molecular complexity index is 323. The lowest BCUT2D eigenvalue weighted by molar-refractivity contribution is -0.0290. The molecule has 2 heterocycles. The summed E-state index contributed by atoms with van der Waals surface area (Å²) in [5.41, 5.74) is 5.18. The highest BCUT2D eigenvalue weighted by Gasteiger charge is 2.29. The summed E-state index contributed by atoms with van der Waals surface area (Å²) < 4.78 is 10.7. The van der Waals surface area contributed by atoms with Gasteiger partial charge in [0, 0.05) is 6.54 Å². The minimum absolute atomic E-state index is 0.101. The van der Waals surface area contributed by atoms with Gasteiger partial charge in [-0.15, -0.1) is 0 Å². The van der Waals surface area contributed by atoms with Crippen molar-refractivity contribution in [3.05, 3.63) is 0 Å². The Kier molecular flexibility index (Phi) is 2.07. The summed E-state index contributed by atoms with van der Waals surface area (Å²) in [6, 6.07) is 0.572. The van der Waals surface area contributed by atoms with E-state index in [0.717, 1.165) is 13.1 Å². The van der Waals surface area contributed by atoms with E-state index in [1.54, 1.807) is 0 Å². The van der Waals surface area contributed by atoms with E-state index in [1.807, 2.05) is 18.7 Å². The fourth-order valence-corrected chi connectivity index (χ4v) is 1.53. The first kappa shape index (κ1) is 9.26. The molecule has 0 atom stereocenters. The molecule has 78 valence electrons. The van der Waals surface area contributed by atoms with Crippen molar-refractivity contribution in [1.82, 2.24) is 10.2 Å². The van der Waals surface area contributed by atoms with Gasteiger partial charge in [0.05, 0.1) is 18.8 Å². The van der Waals surface area contributed by atoms with E-state index in [4.69, 9.17) is 14.9 Å². The average Bonchev–Trinajstić information content (AvgIpc) is 2.50. The monoisotopic (exact) mass is 198 g/mol. The molecule has 0 aromatic carbocycles. The predicted molar refractivity (Wildman–Crippen MR) is 51.0 cm³/mol. The Balaban J connectivity index is 2.12. The molecule has 2 N–H and O–H groups in total. The zero-order valence-electron chi connectivity index (χ0n) is 8.36. The summed E-state index contributed by atoms with van der Waals surface area (Å²) in [6.45, 7) is 6.20. The van der Waals surface area contributed by atoms with Crippen LogP contribution in [0.3, 0.4) is 0 Å². The van der Waals surface area contributed by atoms with Crippen LogP contribution in [0.1, 0.15) is 13.8 Å². The summed E-state index contributed by atoms with van der Waals surface area (Å²) >= 11 is 0. The van der Waals surface area contributed by atoms with Crippen molar-refractivity contribution in [2.45, 2.75) is 19.4 Å². The second-order valence-corrected chi connectivity index (χ2v) is 3.95. The van der Waals surface area contributed by atoms with Gasteiger partial charge in [-0.1, -0.05) is 10.2 Å². The Hall–Kier alpha value is -1.30. The molecular weight excluding hydrogens is 184 g/mol. The maximum Gasteiger partial charge on any atom is 0.319 e. The van der Waals surface area contributed by atoms with Crippen LogP contribution in [0.15, 0.2) is 4.42 Å². The maximum atomic E-state index is 5.56. The second-order valence-electron chi connectivity index (χ2n) is 3.95. The van der Waals surface area contributed by atoms with Crippen LogP contribution < -0.4 is 10.6 Å². The second kappa shape index (κ2) is 3.13. The predicted octanol–water partition coefficient (Wildman–Crippen LogP) is 0.267. The highest BCUT2D eigenvalue weighted by Crippen LogP contribution is 2.22. The van der Waals surface area contributed by atoms with Crippen molar-refractivity contribution >= 4 is 12.0 Å². The quantitative estimate of drug-likeness (QED) is 0.697. The van der Waals surface area contributed by atoms with Crippen molar-refractivity contribution in [2.24, 2.45) is 0 Å². The molecule has 1 aromatic rings. The molecule has 0 radical (unpaired) electrons. The van der Waals surface area contributed by atoms with Gasteiger partial charge in [-0.25, -0.2) is 0 Å². The van der Waals surface area contributed by atoms with Crippen LogP contribution >= 0.6 is 0 Å². The maximum absolute atomic E-state index is 5.56. The van der Waals surface area contributed by atoms with Crippen molar-refractivity contribution < 1.29 is 9.15 Å². The highest BCUT2D eigenvalue weighted by atomic mass is 16.5. The first-order valence-electron chi connectivity index (χ1n) is 4.55. The molecule has 6 nitrogen and oxygen atoms in total. The van der Waals surface area contributed by atoms with Gasteiger partial charge in [-0.3, -0.25) is 0 Å². The van der Waals surface area contributed by atoms with Gasteiger partial charge >= 0.3 is 12.0 Å². The van der Waals surface area contributed by atoms with Crippen LogP contribution in [-0.4, -0.2) is 35.5 Å². The molecule has 0 amide bonds. The average molecular weight is 198 g/mol. The molecule has 1 aliphatic rings. The first-order chi connectivity index (χ1) is 6.57. The lowest BCUT2D eigenvalue weighted by Gasteiger charge is -2.36. The molecule has 0 aliphatic carbocycles. The fraction of sp³-hybridized carbons (Fsp3) is 0.750. The number of ether oxygens (including phenoxy) is 1. The van der Waals surface area contributed by atoms with E-state index in [1.165, 1.54) is 0 Å². The lowest BCUT2D eigenvalue weighted by Crippen LogP contribution is -2.48. The van der Waals surface area contributed by atoms with E-state index >= 15 is 0 Å². The molecule has 14 heavy (non-hydrogen) atoms. The van der Waals surface area contributed by atoms with Crippen molar-refractivity contribution in [3.63, 3.8) is 0 Å². The van der Waals surface area contributed by atoms with E-state index in [9.17, 15) is 0 Å². The zero-order chi connectivity index (χ0) is 10.2. The van der Waals surface area contributed by atoms with Gasteiger partial charge < -0.3 is 19.8 Å². The van der Waals surface area contributed by atoms with Crippen LogP contribution in [0.5, 0.6) is 0 Å². The van der Waals surface area contributed by atoms with Crippen LogP contribution in [0.4, 0.5) is 12.0 Å². The van der Waals surface area contributed by atoms with Crippen LogP contribution in [0.2, 0.25) is 0 Å². The number of hydrogen-bond donors (Lipinski definition) is 1. The molecule has 2 rings (SSSR count). The summed E-state index contributed by atoms with van der Waals surface area (Å²) in [7, 11) is 0. The molecule has 0 saturated carbocycles. The number of nitrogens with two attached hydrogens (primary N) is 1. The number of rotatable bonds is 1. The van der Waals surface area contributed by atoms with Crippen molar-refractivity contribution in [2.75, 3.05) is 30.3 Å². The van der Waals surface area contributed by atoms with Crippen LogP contribution in [0.25, 0.3) is 0 Å². The number of anilines is 2. The number of aromatic nitrogens is 2. The SMILES string of the molecule is CC1(C)CN(c2nnc(N)o2)CCO1. The van der Waals surface area contributed by atoms with Crippen molar-refractivity contribution in [3.8, 4) is 0 Å². The normalized spacial score (nSPS) is 21.1. The number of nitrogen functional groups attached to an aromatic ring is 1. The number of hydrogen-bond acceptors (Lipinski definition) is 6. The molecule has 1 fully saturated rings. The highest BCUT2D eigenvalue weighted by molar-refractivity contribution is 5.29. The molecule has 0 spiro atoms. The molecule has 0 unspecified atom stereocenters. The summed E-state index contributed by atoms with van der Waals surface area (Å²) in [5.74, 6) is 0. The smallest absolute Gasteiger partial charge is 0.319 e. The molecule has 1 aliphatic heterocycles. The fourth-order valence-electron chi connectivity index (χ4n) is 1.53. The molecular formula is C8H14N4O2. The van der Waals surface area contributed by atoms with Gasteiger partial charge in [0.2, 0.25) is 0 Å². The van der Waals surface area contributed by atoms with Crippen molar-refractivity contribution in [1.29, 1.82) is 0 Å². The van der Waals surface area contributed by atoms with Gasteiger partial charge in [0.1, 0.15) is 0 Å². The number of nitrogens with zero attached hydrogens (tertiary/aromatic N) is 3. The van der Waals surface area contributed by atoms with E-state index in [-0.39, 0.29) is 11.6 Å². The summed E-state index contributed by atoms with van der Waals surface area (Å²) in [5, 5.41) is 7.45. The Morgan fingerprint density at radius 2 is 2.21 bits per heavy atom. The van der Waals surface area contributed by atoms with Gasteiger partial charge in [-0.05, 0) is 13.8 Å². The van der Waals surface area contributed by atoms with Gasteiger partial charge in [-0.2, -0.15) is 0 Å². The van der Waals surface area contributed by atoms with E-state index in [0.29, 0.717) is 12.6 Å². The van der Waals surface area contributed by atoms with E-state index < -0.39 is 0 Å². The minimum Gasteiger partial charge on any atom is -0.390 e. The summed E-state index contributed by atoms with van der Waals surface area (Å²) in [6.07, 6.45) is 0. The topological polar surface area (TPSA) is 77.4 Å². The third-order valence-corrected chi connectivity index (χ3v) is 2.13. The van der Waals surface area contributed by atoms with Gasteiger partial charge in [0.15, 0.2) is 0 Å². The molecule has 0 bridgehead atoms. The van der Waals surface area contributed by atoms with Crippen LogP contribution in [-0.2, 0) is 4.74 Å². The lowest BCUT2D eigenvalue weighted by atomic mass is 10.1. The largest absolute Gasteiger partial charge is 0.390 e. The third-order valence-electron chi connectivity index (χ3n) is 2.13. The number of morpholine rings is 1. The Morgan fingerprint density at radius 3 is 2.79 bits per heavy atom. The summed E-state index contributed by atoms with van der Waals surface area (Å²) in [4.78, 5) is 1.98. The molecule has 1 aromatic heterocycles. The molecule has 1 saturated heterocycles. The molecule has 6 heteroatoms.